The lowest BCUT2D eigenvalue weighted by atomic mass is 10.1. The van der Waals surface area contributed by atoms with Crippen LogP contribution in [0.5, 0.6) is 0 Å². The van der Waals surface area contributed by atoms with Crippen LogP contribution in [-0.4, -0.2) is 4.98 Å². The Bertz CT molecular complexity index is 896. The van der Waals surface area contributed by atoms with E-state index in [1.807, 2.05) is 0 Å². The van der Waals surface area contributed by atoms with Crippen LogP contribution in [0.25, 0.3) is 22.5 Å². The highest BCUT2D eigenvalue weighted by Crippen LogP contribution is 2.32. The van der Waals surface area contributed by atoms with E-state index in [4.69, 9.17) is 46.4 Å². The highest BCUT2D eigenvalue weighted by atomic mass is 35.5. The van der Waals surface area contributed by atoms with E-state index in [1.54, 1.807) is 42.5 Å². The molecule has 0 spiro atoms. The summed E-state index contributed by atoms with van der Waals surface area (Å²) in [5.74, 6) is -0.452. The van der Waals surface area contributed by atoms with Crippen molar-refractivity contribution >= 4 is 46.4 Å². The Morgan fingerprint density at radius 2 is 1.22 bits per heavy atom. The van der Waals surface area contributed by atoms with Crippen LogP contribution in [0, 0.1) is 5.82 Å². The van der Waals surface area contributed by atoms with E-state index in [0.29, 0.717) is 31.3 Å². The number of hydrogen-bond donors (Lipinski definition) is 0. The molecule has 2 aromatic carbocycles. The average molecular weight is 387 g/mol. The second-order valence-corrected chi connectivity index (χ2v) is 6.41. The van der Waals surface area contributed by atoms with Crippen LogP contribution >= 0.6 is 46.4 Å². The van der Waals surface area contributed by atoms with Crippen LogP contribution in [0.4, 0.5) is 4.39 Å². The second kappa shape index (κ2) is 6.66. The maximum Gasteiger partial charge on any atom is 0.149 e. The van der Waals surface area contributed by atoms with Gasteiger partial charge in [0.2, 0.25) is 0 Å². The quantitative estimate of drug-likeness (QED) is 0.454. The molecular weight excluding hydrogens is 379 g/mol. The van der Waals surface area contributed by atoms with Crippen LogP contribution in [-0.2, 0) is 0 Å². The van der Waals surface area contributed by atoms with E-state index in [9.17, 15) is 4.39 Å². The van der Waals surface area contributed by atoms with Crippen LogP contribution < -0.4 is 0 Å². The van der Waals surface area contributed by atoms with E-state index in [-0.39, 0.29) is 5.69 Å². The Balaban J connectivity index is 2.11. The Labute approximate surface area is 152 Å². The first-order chi connectivity index (χ1) is 11.0. The molecule has 3 rings (SSSR count). The fourth-order valence-electron chi connectivity index (χ4n) is 2.10. The molecule has 0 bridgehead atoms. The largest absolute Gasteiger partial charge is 0.245 e. The van der Waals surface area contributed by atoms with Gasteiger partial charge >= 0.3 is 0 Å². The number of rotatable bonds is 2. The van der Waals surface area contributed by atoms with Crippen molar-refractivity contribution in [3.05, 3.63) is 74.4 Å². The minimum Gasteiger partial charge on any atom is -0.245 e. The summed E-state index contributed by atoms with van der Waals surface area (Å²) >= 11 is 23.8. The van der Waals surface area contributed by atoms with Gasteiger partial charge in [-0.1, -0.05) is 58.5 Å². The monoisotopic (exact) mass is 385 g/mol. The third-order valence-electron chi connectivity index (χ3n) is 3.25. The Hall–Kier alpha value is -1.32. The number of nitrogens with zero attached hydrogens (tertiary/aromatic N) is 1. The Morgan fingerprint density at radius 1 is 0.652 bits per heavy atom. The van der Waals surface area contributed by atoms with Crippen molar-refractivity contribution in [1.82, 2.24) is 4.98 Å². The summed E-state index contributed by atoms with van der Waals surface area (Å²) < 4.78 is 14.2. The van der Waals surface area contributed by atoms with Crippen molar-refractivity contribution in [1.29, 1.82) is 0 Å². The van der Waals surface area contributed by atoms with Gasteiger partial charge in [0.15, 0.2) is 0 Å². The fourth-order valence-corrected chi connectivity index (χ4v) is 2.70. The Morgan fingerprint density at radius 3 is 1.83 bits per heavy atom. The number of benzene rings is 2. The lowest BCUT2D eigenvalue weighted by molar-refractivity contribution is 0.626. The Kier molecular flexibility index (Phi) is 4.79. The number of aromatic nitrogens is 1. The molecule has 1 aromatic heterocycles. The summed E-state index contributed by atoms with van der Waals surface area (Å²) in [6, 6.07) is 12.9. The number of pyridine rings is 1. The second-order valence-electron chi connectivity index (χ2n) is 4.78. The van der Waals surface area contributed by atoms with Gasteiger partial charge in [-0.25, -0.2) is 9.37 Å². The van der Waals surface area contributed by atoms with Gasteiger partial charge in [-0.05, 0) is 36.4 Å². The van der Waals surface area contributed by atoms with Crippen LogP contribution in [0.2, 0.25) is 20.1 Å². The van der Waals surface area contributed by atoms with Gasteiger partial charge in [-0.2, -0.15) is 0 Å². The van der Waals surface area contributed by atoms with Gasteiger partial charge in [-0.15, -0.1) is 0 Å². The molecule has 0 unspecified atom stereocenters. The van der Waals surface area contributed by atoms with E-state index in [0.717, 1.165) is 5.56 Å². The zero-order valence-electron chi connectivity index (χ0n) is 11.5. The molecule has 0 fully saturated rings. The minimum atomic E-state index is -0.452. The lowest BCUT2D eigenvalue weighted by Gasteiger charge is -2.08. The molecule has 23 heavy (non-hydrogen) atoms. The average Bonchev–Trinajstić information content (AvgIpc) is 2.53. The highest BCUT2D eigenvalue weighted by Gasteiger charge is 2.12. The third-order valence-corrected chi connectivity index (χ3v) is 4.73. The maximum atomic E-state index is 14.2. The van der Waals surface area contributed by atoms with Crippen LogP contribution in [0.3, 0.4) is 0 Å². The molecule has 0 saturated heterocycles. The maximum absolute atomic E-state index is 14.2. The van der Waals surface area contributed by atoms with E-state index >= 15 is 0 Å². The zero-order valence-corrected chi connectivity index (χ0v) is 14.5. The topological polar surface area (TPSA) is 12.9 Å². The summed E-state index contributed by atoms with van der Waals surface area (Å²) in [4.78, 5) is 4.38. The molecule has 3 aromatic rings. The lowest BCUT2D eigenvalue weighted by Crippen LogP contribution is -1.93. The first kappa shape index (κ1) is 16.5. The molecule has 0 aliphatic rings. The van der Waals surface area contributed by atoms with Crippen LogP contribution in [0.15, 0.2) is 48.5 Å². The van der Waals surface area contributed by atoms with E-state index in [2.05, 4.69) is 4.98 Å². The molecule has 0 radical (unpaired) electrons. The summed E-state index contributed by atoms with van der Waals surface area (Å²) in [6.07, 6.45) is 0. The molecule has 0 amide bonds. The molecule has 0 atom stereocenters. The summed E-state index contributed by atoms with van der Waals surface area (Å²) in [5, 5.41) is 1.59. The van der Waals surface area contributed by atoms with Gasteiger partial charge in [0.1, 0.15) is 11.5 Å². The van der Waals surface area contributed by atoms with Gasteiger partial charge in [0.05, 0.1) is 25.8 Å². The molecule has 116 valence electrons. The fraction of sp³-hybridized carbons (Fsp3) is 0. The molecule has 0 saturated carbocycles. The first-order valence-electron chi connectivity index (χ1n) is 6.53. The molecule has 0 aliphatic heterocycles. The standard InChI is InChI=1S/C17H8Cl4FN/c18-11-3-1-9(7-13(11)20)16-6-5-15(22)17(23-16)10-2-4-12(19)14(21)8-10/h1-8H. The van der Waals surface area contributed by atoms with Crippen molar-refractivity contribution in [3.8, 4) is 22.5 Å². The minimum absolute atomic E-state index is 0.187. The first-order valence-corrected chi connectivity index (χ1v) is 8.04. The van der Waals surface area contributed by atoms with Gasteiger partial charge < -0.3 is 0 Å². The summed E-state index contributed by atoms with van der Waals surface area (Å²) in [6.45, 7) is 0. The zero-order chi connectivity index (χ0) is 16.6. The van der Waals surface area contributed by atoms with Crippen molar-refractivity contribution in [2.75, 3.05) is 0 Å². The SMILES string of the molecule is Fc1ccc(-c2ccc(Cl)c(Cl)c2)nc1-c1ccc(Cl)c(Cl)c1. The summed E-state index contributed by atoms with van der Waals surface area (Å²) in [5.41, 5.74) is 2.04. The van der Waals surface area contributed by atoms with Crippen molar-refractivity contribution in [3.63, 3.8) is 0 Å². The number of halogens is 5. The van der Waals surface area contributed by atoms with Gasteiger partial charge in [-0.3, -0.25) is 0 Å². The third kappa shape index (κ3) is 3.46. The van der Waals surface area contributed by atoms with Gasteiger partial charge in [0.25, 0.3) is 0 Å². The highest BCUT2D eigenvalue weighted by molar-refractivity contribution is 6.42. The molecule has 0 aliphatic carbocycles. The molecule has 1 heterocycles. The van der Waals surface area contributed by atoms with E-state index < -0.39 is 5.82 Å². The van der Waals surface area contributed by atoms with Crippen molar-refractivity contribution in [2.45, 2.75) is 0 Å². The predicted molar refractivity (Wildman–Crippen MR) is 95.1 cm³/mol. The van der Waals surface area contributed by atoms with Crippen molar-refractivity contribution in [2.24, 2.45) is 0 Å². The molecule has 0 N–H and O–H groups in total. The van der Waals surface area contributed by atoms with Gasteiger partial charge in [0, 0.05) is 11.1 Å². The molecule has 1 nitrogen and oxygen atoms in total. The normalized spacial score (nSPS) is 10.8. The predicted octanol–water partition coefficient (Wildman–Crippen LogP) is 7.17. The molecule has 6 heteroatoms. The van der Waals surface area contributed by atoms with Crippen LogP contribution in [0.1, 0.15) is 0 Å². The smallest absolute Gasteiger partial charge is 0.149 e. The summed E-state index contributed by atoms with van der Waals surface area (Å²) in [7, 11) is 0. The molecular formula is C17H8Cl4FN. The number of hydrogen-bond acceptors (Lipinski definition) is 1. The van der Waals surface area contributed by atoms with E-state index in [1.165, 1.54) is 6.07 Å². The van der Waals surface area contributed by atoms with Crippen molar-refractivity contribution < 1.29 is 4.39 Å².